The molecule has 3 rings (SSSR count). The van der Waals surface area contributed by atoms with Gasteiger partial charge in [0.25, 0.3) is 0 Å². The smallest absolute Gasteiger partial charge is 0.335 e. The van der Waals surface area contributed by atoms with Crippen molar-refractivity contribution < 1.29 is 9.90 Å². The molecule has 92 valence electrons. The summed E-state index contributed by atoms with van der Waals surface area (Å²) >= 11 is 0. The van der Waals surface area contributed by atoms with E-state index in [0.29, 0.717) is 11.6 Å². The fourth-order valence-corrected chi connectivity index (χ4v) is 2.11. The minimum absolute atomic E-state index is 0.355. The van der Waals surface area contributed by atoms with E-state index in [0.717, 1.165) is 16.7 Å². The lowest BCUT2D eigenvalue weighted by molar-refractivity contribution is 0.0696. The highest BCUT2D eigenvalue weighted by Gasteiger charge is 2.24. The van der Waals surface area contributed by atoms with Crippen LogP contribution in [0.5, 0.6) is 0 Å². The predicted octanol–water partition coefficient (Wildman–Crippen LogP) is 2.89. The molecule has 4 nitrogen and oxygen atoms in total. The monoisotopic (exact) mass is 242 g/mol. The van der Waals surface area contributed by atoms with Crippen molar-refractivity contribution in [3.05, 3.63) is 41.7 Å². The molecule has 0 saturated heterocycles. The number of aromatic carboxylic acids is 1. The number of rotatable bonds is 3. The van der Waals surface area contributed by atoms with Crippen molar-refractivity contribution in [1.29, 1.82) is 0 Å². The predicted molar refractivity (Wildman–Crippen MR) is 67.6 cm³/mol. The first-order valence-corrected chi connectivity index (χ1v) is 6.03. The van der Waals surface area contributed by atoms with Gasteiger partial charge in [-0.1, -0.05) is 12.1 Å². The Kier molecular flexibility index (Phi) is 2.44. The molecule has 4 heteroatoms. The molecule has 1 aliphatic carbocycles. The molecule has 0 unspecified atom stereocenters. The van der Waals surface area contributed by atoms with Crippen LogP contribution in [0.15, 0.2) is 30.6 Å². The molecule has 1 N–H and O–H groups in total. The summed E-state index contributed by atoms with van der Waals surface area (Å²) in [6, 6.07) is 5.96. The first-order chi connectivity index (χ1) is 8.65. The maximum Gasteiger partial charge on any atom is 0.335 e. The summed E-state index contributed by atoms with van der Waals surface area (Å²) in [5.41, 5.74) is 3.19. The van der Waals surface area contributed by atoms with E-state index in [1.807, 2.05) is 36.1 Å². The van der Waals surface area contributed by atoms with Gasteiger partial charge in [0, 0.05) is 11.8 Å². The van der Waals surface area contributed by atoms with Crippen molar-refractivity contribution in [3.63, 3.8) is 0 Å². The lowest BCUT2D eigenvalue weighted by Gasteiger charge is -2.03. The molecular weight excluding hydrogens is 228 g/mol. The van der Waals surface area contributed by atoms with Gasteiger partial charge in [-0.15, -0.1) is 0 Å². The molecule has 1 aliphatic rings. The second-order valence-corrected chi connectivity index (χ2v) is 4.78. The summed E-state index contributed by atoms with van der Waals surface area (Å²) in [5, 5.41) is 13.3. The molecule has 0 spiro atoms. The average Bonchev–Trinajstić information content (AvgIpc) is 3.06. The topological polar surface area (TPSA) is 55.1 Å². The first kappa shape index (κ1) is 11.0. The molecular formula is C14H14N2O2. The van der Waals surface area contributed by atoms with E-state index in [1.54, 1.807) is 6.07 Å². The summed E-state index contributed by atoms with van der Waals surface area (Å²) in [6.07, 6.45) is 6.29. The number of nitrogens with zero attached hydrogens (tertiary/aromatic N) is 2. The van der Waals surface area contributed by atoms with Crippen molar-refractivity contribution in [2.45, 2.75) is 25.8 Å². The summed E-state index contributed by atoms with van der Waals surface area (Å²) < 4.78 is 2.00. The van der Waals surface area contributed by atoms with Crippen LogP contribution < -0.4 is 0 Å². The lowest BCUT2D eigenvalue weighted by Crippen LogP contribution is -1.99. The van der Waals surface area contributed by atoms with E-state index in [2.05, 4.69) is 5.10 Å². The zero-order chi connectivity index (χ0) is 12.7. The highest BCUT2D eigenvalue weighted by atomic mass is 16.4. The van der Waals surface area contributed by atoms with Crippen molar-refractivity contribution in [3.8, 4) is 11.1 Å². The van der Waals surface area contributed by atoms with Crippen molar-refractivity contribution >= 4 is 5.97 Å². The minimum atomic E-state index is -0.882. The molecule has 0 amide bonds. The van der Waals surface area contributed by atoms with Gasteiger partial charge in [0.2, 0.25) is 0 Å². The highest BCUT2D eigenvalue weighted by molar-refractivity contribution is 5.90. The van der Waals surface area contributed by atoms with E-state index in [4.69, 9.17) is 5.11 Å². The van der Waals surface area contributed by atoms with Gasteiger partial charge < -0.3 is 5.11 Å². The Morgan fingerprint density at radius 3 is 2.78 bits per heavy atom. The van der Waals surface area contributed by atoms with Gasteiger partial charge in [0.15, 0.2) is 0 Å². The van der Waals surface area contributed by atoms with Crippen molar-refractivity contribution in [2.75, 3.05) is 0 Å². The second-order valence-electron chi connectivity index (χ2n) is 4.78. The van der Waals surface area contributed by atoms with Crippen LogP contribution in [0.4, 0.5) is 0 Å². The number of aromatic nitrogens is 2. The Bertz CT molecular complexity index is 612. The number of benzene rings is 1. The number of hydrogen-bond donors (Lipinski definition) is 1. The van der Waals surface area contributed by atoms with Gasteiger partial charge in [-0.05, 0) is 37.0 Å². The van der Waals surface area contributed by atoms with E-state index < -0.39 is 5.97 Å². The molecule has 0 bridgehead atoms. The summed E-state index contributed by atoms with van der Waals surface area (Å²) in [7, 11) is 0. The van der Waals surface area contributed by atoms with Gasteiger partial charge in [-0.25, -0.2) is 4.79 Å². The van der Waals surface area contributed by atoms with Gasteiger partial charge in [0.05, 0.1) is 17.8 Å². The zero-order valence-electron chi connectivity index (χ0n) is 10.1. The summed E-state index contributed by atoms with van der Waals surface area (Å²) in [4.78, 5) is 11.0. The third-order valence-corrected chi connectivity index (χ3v) is 3.31. The highest BCUT2D eigenvalue weighted by Crippen LogP contribution is 2.35. The lowest BCUT2D eigenvalue weighted by atomic mass is 10.0. The SMILES string of the molecule is Cc1cc(-c2cnn(C3CC3)c2)ccc1C(=O)O. The third kappa shape index (κ3) is 1.90. The van der Waals surface area contributed by atoms with E-state index in [1.165, 1.54) is 12.8 Å². The van der Waals surface area contributed by atoms with Gasteiger partial charge in [-0.2, -0.15) is 5.10 Å². The molecule has 1 heterocycles. The second kappa shape index (κ2) is 3.98. The standard InChI is InChI=1S/C14H14N2O2/c1-9-6-10(2-5-13(9)14(17)18)11-7-15-16(8-11)12-3-4-12/h2,5-8,12H,3-4H2,1H3,(H,17,18). The zero-order valence-corrected chi connectivity index (χ0v) is 10.1. The Morgan fingerprint density at radius 1 is 1.39 bits per heavy atom. The van der Waals surface area contributed by atoms with E-state index in [9.17, 15) is 4.79 Å². The Labute approximate surface area is 105 Å². The molecule has 1 saturated carbocycles. The van der Waals surface area contributed by atoms with Crippen LogP contribution in [0.3, 0.4) is 0 Å². The molecule has 0 aliphatic heterocycles. The number of hydrogen-bond acceptors (Lipinski definition) is 2. The molecule has 1 fully saturated rings. The maximum absolute atomic E-state index is 11.0. The largest absolute Gasteiger partial charge is 0.478 e. The van der Waals surface area contributed by atoms with Crippen LogP contribution in [-0.2, 0) is 0 Å². The summed E-state index contributed by atoms with van der Waals surface area (Å²) in [5.74, 6) is -0.882. The summed E-state index contributed by atoms with van der Waals surface area (Å²) in [6.45, 7) is 1.82. The van der Waals surface area contributed by atoms with Gasteiger partial charge in [0.1, 0.15) is 0 Å². The molecule has 1 aromatic carbocycles. The number of carboxylic acids is 1. The normalized spacial score (nSPS) is 14.7. The van der Waals surface area contributed by atoms with E-state index >= 15 is 0 Å². The van der Waals surface area contributed by atoms with Crippen LogP contribution in [0, 0.1) is 6.92 Å². The number of carbonyl (C=O) groups is 1. The van der Waals surface area contributed by atoms with Gasteiger partial charge >= 0.3 is 5.97 Å². The number of carboxylic acid groups (broad SMARTS) is 1. The Morgan fingerprint density at radius 2 is 2.17 bits per heavy atom. The fourth-order valence-electron chi connectivity index (χ4n) is 2.11. The Balaban J connectivity index is 1.95. The van der Waals surface area contributed by atoms with Crippen LogP contribution in [0.25, 0.3) is 11.1 Å². The molecule has 18 heavy (non-hydrogen) atoms. The quantitative estimate of drug-likeness (QED) is 0.900. The first-order valence-electron chi connectivity index (χ1n) is 6.03. The van der Waals surface area contributed by atoms with Gasteiger partial charge in [-0.3, -0.25) is 4.68 Å². The van der Waals surface area contributed by atoms with Crippen molar-refractivity contribution in [1.82, 2.24) is 9.78 Å². The van der Waals surface area contributed by atoms with Crippen LogP contribution >= 0.6 is 0 Å². The van der Waals surface area contributed by atoms with Crippen LogP contribution in [0.2, 0.25) is 0 Å². The minimum Gasteiger partial charge on any atom is -0.478 e. The number of aryl methyl sites for hydroxylation is 1. The average molecular weight is 242 g/mol. The molecule has 0 radical (unpaired) electrons. The molecule has 2 aromatic rings. The molecule has 0 atom stereocenters. The van der Waals surface area contributed by atoms with E-state index in [-0.39, 0.29) is 0 Å². The fraction of sp³-hybridized carbons (Fsp3) is 0.286. The molecule has 1 aromatic heterocycles. The maximum atomic E-state index is 11.0. The third-order valence-electron chi connectivity index (χ3n) is 3.31. The van der Waals surface area contributed by atoms with Crippen LogP contribution in [-0.4, -0.2) is 20.9 Å². The van der Waals surface area contributed by atoms with Crippen molar-refractivity contribution in [2.24, 2.45) is 0 Å². The van der Waals surface area contributed by atoms with Crippen LogP contribution in [0.1, 0.15) is 34.8 Å². The Hall–Kier alpha value is -2.10.